The Morgan fingerprint density at radius 2 is 1.69 bits per heavy atom. The third kappa shape index (κ3) is 7.09. The first-order chi connectivity index (χ1) is 12.5. The zero-order valence-electron chi connectivity index (χ0n) is 15.8. The summed E-state index contributed by atoms with van der Waals surface area (Å²) in [4.78, 5) is 1.43. The van der Waals surface area contributed by atoms with Crippen LogP contribution in [-0.2, 0) is 12.6 Å². The molecule has 2 aromatic heterocycles. The van der Waals surface area contributed by atoms with Crippen molar-refractivity contribution in [2.24, 2.45) is 0 Å². The molecule has 1 N–H and O–H groups in total. The molecule has 0 radical (unpaired) electrons. The highest BCUT2D eigenvalue weighted by atomic mass is 19.3. The fourth-order valence-electron chi connectivity index (χ4n) is 2.72. The van der Waals surface area contributed by atoms with Gasteiger partial charge < -0.3 is 5.32 Å². The molecule has 0 aliphatic carbocycles. The Labute approximate surface area is 154 Å². The van der Waals surface area contributed by atoms with Gasteiger partial charge in [0.25, 0.3) is 5.92 Å². The number of nitrogens with one attached hydrogen (secondary N) is 1. The van der Waals surface area contributed by atoms with Gasteiger partial charge in [0.2, 0.25) is 0 Å². The van der Waals surface area contributed by atoms with Crippen LogP contribution in [0.3, 0.4) is 0 Å². The summed E-state index contributed by atoms with van der Waals surface area (Å²) in [5.74, 6) is -2.19. The van der Waals surface area contributed by atoms with E-state index < -0.39 is 5.92 Å². The Hall–Kier alpha value is -1.99. The third-order valence-corrected chi connectivity index (χ3v) is 4.28. The van der Waals surface area contributed by atoms with Gasteiger partial charge in [0, 0.05) is 19.7 Å². The van der Waals surface area contributed by atoms with Gasteiger partial charge in [-0.2, -0.15) is 15.0 Å². The molecule has 0 atom stereocenters. The van der Waals surface area contributed by atoms with Gasteiger partial charge >= 0.3 is 0 Å². The van der Waals surface area contributed by atoms with Crippen LogP contribution in [0.15, 0.2) is 18.6 Å². The van der Waals surface area contributed by atoms with E-state index in [0.29, 0.717) is 5.82 Å². The van der Waals surface area contributed by atoms with Crippen LogP contribution in [0.5, 0.6) is 0 Å². The van der Waals surface area contributed by atoms with Gasteiger partial charge in [-0.1, -0.05) is 51.9 Å². The van der Waals surface area contributed by atoms with Crippen molar-refractivity contribution in [1.29, 1.82) is 0 Å². The summed E-state index contributed by atoms with van der Waals surface area (Å²) < 4.78 is 27.8. The second-order valence-electron chi connectivity index (χ2n) is 6.80. The number of hydrogen-bond acceptors (Lipinski definition) is 4. The number of aromatic nitrogens is 5. The Kier molecular flexibility index (Phi) is 8.00. The maximum atomic E-state index is 13.2. The molecule has 0 saturated carbocycles. The summed E-state index contributed by atoms with van der Waals surface area (Å²) in [6.45, 7) is 4.16. The molecule has 0 unspecified atom stereocenters. The molecule has 0 bridgehead atoms. The van der Waals surface area contributed by atoms with Crippen molar-refractivity contribution >= 4 is 5.82 Å². The van der Waals surface area contributed by atoms with Crippen LogP contribution in [0.25, 0.3) is 0 Å². The van der Waals surface area contributed by atoms with Crippen molar-refractivity contribution in [2.75, 3.05) is 11.9 Å². The first kappa shape index (κ1) is 20.3. The lowest BCUT2D eigenvalue weighted by Crippen LogP contribution is -2.12. The standard InChI is InChI=1S/C18H30F2N6/c1-3-4-5-6-7-8-9-10-11-21-17-13-23-26(24-17)15-25-14-16(12-22-25)18(2,19)20/h12-14H,3-11,15H2,1-2H3,(H,21,24). The zero-order valence-corrected chi connectivity index (χ0v) is 15.8. The van der Waals surface area contributed by atoms with Crippen molar-refractivity contribution in [3.8, 4) is 0 Å². The molecule has 8 heteroatoms. The van der Waals surface area contributed by atoms with Gasteiger partial charge in [-0.25, -0.2) is 13.5 Å². The molecule has 2 aromatic rings. The molecule has 6 nitrogen and oxygen atoms in total. The molecule has 0 amide bonds. The third-order valence-electron chi connectivity index (χ3n) is 4.28. The number of halogens is 2. The van der Waals surface area contributed by atoms with Crippen LogP contribution in [0, 0.1) is 0 Å². The SMILES string of the molecule is CCCCCCCCCCNc1cnn(Cn2cc(C(C)(F)F)cn2)n1. The molecule has 0 aliphatic rings. The van der Waals surface area contributed by atoms with E-state index in [-0.39, 0.29) is 12.2 Å². The van der Waals surface area contributed by atoms with E-state index in [1.807, 2.05) is 0 Å². The average Bonchev–Trinajstić information content (AvgIpc) is 3.23. The fraction of sp³-hybridized carbons (Fsp3) is 0.722. The van der Waals surface area contributed by atoms with Crippen LogP contribution in [0.2, 0.25) is 0 Å². The summed E-state index contributed by atoms with van der Waals surface area (Å²) in [5.41, 5.74) is -0.113. The molecular formula is C18H30F2N6. The van der Waals surface area contributed by atoms with E-state index in [1.54, 1.807) is 6.20 Å². The number of unbranched alkanes of at least 4 members (excludes halogenated alkanes) is 7. The van der Waals surface area contributed by atoms with Crippen LogP contribution in [-0.4, -0.2) is 31.3 Å². The molecule has 2 heterocycles. The summed E-state index contributed by atoms with van der Waals surface area (Å²) in [6.07, 6.45) is 14.4. The predicted molar refractivity (Wildman–Crippen MR) is 98.3 cm³/mol. The minimum Gasteiger partial charge on any atom is -0.367 e. The van der Waals surface area contributed by atoms with Gasteiger partial charge in [0.1, 0.15) is 0 Å². The Bertz CT molecular complexity index is 632. The number of anilines is 1. The maximum absolute atomic E-state index is 13.2. The van der Waals surface area contributed by atoms with Gasteiger partial charge in [-0.3, -0.25) is 0 Å². The lowest BCUT2D eigenvalue weighted by Gasteiger charge is -2.05. The highest BCUT2D eigenvalue weighted by molar-refractivity contribution is 5.28. The quantitative estimate of drug-likeness (QED) is 0.523. The van der Waals surface area contributed by atoms with Crippen LogP contribution >= 0.6 is 0 Å². The van der Waals surface area contributed by atoms with E-state index in [2.05, 4.69) is 27.5 Å². The van der Waals surface area contributed by atoms with Gasteiger partial charge in [0.15, 0.2) is 12.5 Å². The van der Waals surface area contributed by atoms with E-state index in [0.717, 1.165) is 19.9 Å². The van der Waals surface area contributed by atoms with E-state index in [9.17, 15) is 8.78 Å². The Morgan fingerprint density at radius 3 is 2.35 bits per heavy atom. The molecule has 0 fully saturated rings. The number of nitrogens with zero attached hydrogens (tertiary/aromatic N) is 5. The molecule has 0 aromatic carbocycles. The van der Waals surface area contributed by atoms with Gasteiger partial charge in [0.05, 0.1) is 18.0 Å². The zero-order chi connectivity index (χ0) is 18.8. The summed E-state index contributed by atoms with van der Waals surface area (Å²) in [6, 6.07) is 0. The Balaban J connectivity index is 1.63. The summed E-state index contributed by atoms with van der Waals surface area (Å²) >= 11 is 0. The van der Waals surface area contributed by atoms with Crippen LogP contribution in [0.1, 0.15) is 70.8 Å². The topological polar surface area (TPSA) is 60.6 Å². The van der Waals surface area contributed by atoms with E-state index in [4.69, 9.17) is 0 Å². The molecule has 2 rings (SSSR count). The predicted octanol–water partition coefficient (Wildman–Crippen LogP) is 4.64. The van der Waals surface area contributed by atoms with Crippen molar-refractivity contribution in [3.63, 3.8) is 0 Å². The smallest absolute Gasteiger partial charge is 0.273 e. The highest BCUT2D eigenvalue weighted by Gasteiger charge is 2.26. The number of alkyl halides is 2. The minimum atomic E-state index is -2.89. The molecule has 146 valence electrons. The Morgan fingerprint density at radius 1 is 1.00 bits per heavy atom. The van der Waals surface area contributed by atoms with Crippen molar-refractivity contribution < 1.29 is 8.78 Å². The lowest BCUT2D eigenvalue weighted by atomic mass is 10.1. The van der Waals surface area contributed by atoms with E-state index >= 15 is 0 Å². The van der Waals surface area contributed by atoms with Crippen molar-refractivity contribution in [2.45, 2.75) is 77.8 Å². The first-order valence-electron chi connectivity index (χ1n) is 9.54. The first-order valence-corrected chi connectivity index (χ1v) is 9.54. The lowest BCUT2D eigenvalue weighted by molar-refractivity contribution is 0.0173. The average molecular weight is 368 g/mol. The van der Waals surface area contributed by atoms with Gasteiger partial charge in [-0.05, 0) is 6.42 Å². The van der Waals surface area contributed by atoms with E-state index in [1.165, 1.54) is 66.8 Å². The second kappa shape index (κ2) is 10.2. The highest BCUT2D eigenvalue weighted by Crippen LogP contribution is 2.25. The molecule has 0 aliphatic heterocycles. The second-order valence-corrected chi connectivity index (χ2v) is 6.80. The van der Waals surface area contributed by atoms with Gasteiger partial charge in [-0.15, -0.1) is 5.10 Å². The normalized spacial score (nSPS) is 11.8. The summed E-state index contributed by atoms with van der Waals surface area (Å²) in [7, 11) is 0. The molecule has 26 heavy (non-hydrogen) atoms. The number of rotatable bonds is 13. The molecule has 0 spiro atoms. The largest absolute Gasteiger partial charge is 0.367 e. The number of hydrogen-bond donors (Lipinski definition) is 1. The van der Waals surface area contributed by atoms with Crippen molar-refractivity contribution in [1.82, 2.24) is 24.8 Å². The molecule has 0 saturated heterocycles. The minimum absolute atomic E-state index is 0.113. The fourth-order valence-corrected chi connectivity index (χ4v) is 2.72. The summed E-state index contributed by atoms with van der Waals surface area (Å²) in [5, 5.41) is 15.6. The molecular weight excluding hydrogens is 338 g/mol. The maximum Gasteiger partial charge on any atom is 0.273 e. The van der Waals surface area contributed by atoms with Crippen LogP contribution < -0.4 is 5.32 Å². The van der Waals surface area contributed by atoms with Crippen molar-refractivity contribution in [3.05, 3.63) is 24.2 Å². The monoisotopic (exact) mass is 368 g/mol. The van der Waals surface area contributed by atoms with Crippen LogP contribution in [0.4, 0.5) is 14.6 Å².